The Kier molecular flexibility index (Phi) is 4.08. The predicted octanol–water partition coefficient (Wildman–Crippen LogP) is -2.15. The van der Waals surface area contributed by atoms with Crippen molar-refractivity contribution in [3.05, 3.63) is 0 Å². The number of nitrogens with two attached hydrogens (primary N) is 1. The van der Waals surface area contributed by atoms with Crippen molar-refractivity contribution in [1.29, 1.82) is 0 Å². The fraction of sp³-hybridized carbons (Fsp3) is 0. The molecule has 0 aromatic heterocycles. The maximum absolute atomic E-state index is 9.21. The molecule has 6 nitrogen and oxygen atoms in total. The van der Waals surface area contributed by atoms with Crippen molar-refractivity contribution in [2.75, 3.05) is 0 Å². The molecule has 0 spiro atoms. The normalized spacial score (nSPS) is 10.0. The van der Waals surface area contributed by atoms with E-state index in [0.717, 1.165) is 0 Å². The van der Waals surface area contributed by atoms with Crippen LogP contribution in [0, 0.1) is 0 Å². The van der Waals surface area contributed by atoms with Gasteiger partial charge in [0.1, 0.15) is 0 Å². The van der Waals surface area contributed by atoms with Crippen LogP contribution in [0.5, 0.6) is 0 Å². The topological polar surface area (TPSA) is 121 Å². The lowest BCUT2D eigenvalue weighted by Gasteiger charge is -1.81. The number of hydrogen-bond donors (Lipinski definition) is 2. The van der Waals surface area contributed by atoms with Crippen LogP contribution in [0.3, 0.4) is 0 Å². The van der Waals surface area contributed by atoms with Gasteiger partial charge in [0, 0.05) is 0 Å². The van der Waals surface area contributed by atoms with Gasteiger partial charge in [0.05, 0.1) is 0 Å². The molecule has 0 amide bonds. The molecular weight excluding hydrogens is 126 g/mol. The fourth-order valence-corrected chi connectivity index (χ4v) is 0. The van der Waals surface area contributed by atoms with E-state index < -0.39 is 10.4 Å². The van der Waals surface area contributed by atoms with Crippen molar-refractivity contribution in [3.63, 3.8) is 0 Å². The van der Waals surface area contributed by atoms with Gasteiger partial charge in [-0.25, -0.2) is 0 Å². The summed E-state index contributed by atoms with van der Waals surface area (Å²) >= 11 is 0. The molecule has 0 aliphatic carbocycles. The molecule has 0 aromatic carbocycles. The van der Waals surface area contributed by atoms with E-state index in [1.807, 2.05) is 0 Å². The van der Waals surface area contributed by atoms with Gasteiger partial charge in [-0.15, -0.1) is 0 Å². The van der Waals surface area contributed by atoms with E-state index in [4.69, 9.17) is 4.55 Å². The van der Waals surface area contributed by atoms with Gasteiger partial charge in [-0.05, 0) is 0 Å². The molecule has 0 aliphatic heterocycles. The average molecular weight is 131 g/mol. The zero-order chi connectivity index (χ0) is 5.21. The Labute approximate surface area is 40.1 Å². The van der Waals surface area contributed by atoms with Gasteiger partial charge in [0.25, 0.3) is 0 Å². The Balaban J connectivity index is 0. The van der Waals surface area contributed by atoms with Gasteiger partial charge in [0.15, 0.2) is 0 Å². The SMILES string of the molecule is NOS(=O)(=O)O.O. The molecule has 0 fully saturated rings. The van der Waals surface area contributed by atoms with Gasteiger partial charge < -0.3 is 5.48 Å². The van der Waals surface area contributed by atoms with Crippen molar-refractivity contribution in [1.82, 2.24) is 0 Å². The van der Waals surface area contributed by atoms with Crippen molar-refractivity contribution < 1.29 is 22.7 Å². The molecule has 0 saturated heterocycles. The van der Waals surface area contributed by atoms with Gasteiger partial charge in [0.2, 0.25) is 0 Å². The molecule has 0 unspecified atom stereocenters. The first kappa shape index (κ1) is 9.92. The van der Waals surface area contributed by atoms with E-state index in [9.17, 15) is 8.42 Å². The van der Waals surface area contributed by atoms with Crippen LogP contribution >= 0.6 is 0 Å². The third-order valence-corrected chi connectivity index (χ3v) is 0.365. The van der Waals surface area contributed by atoms with Crippen LogP contribution in [0.15, 0.2) is 0 Å². The summed E-state index contributed by atoms with van der Waals surface area (Å²) in [5.74, 6) is 3.97. The van der Waals surface area contributed by atoms with E-state index >= 15 is 0 Å². The summed E-state index contributed by atoms with van der Waals surface area (Å²) in [5, 5.41) is 0. The summed E-state index contributed by atoms with van der Waals surface area (Å²) in [7, 11) is -4.38. The lowest BCUT2D eigenvalue weighted by molar-refractivity contribution is 0.277. The van der Waals surface area contributed by atoms with Crippen LogP contribution in [-0.4, -0.2) is 18.4 Å². The summed E-state index contributed by atoms with van der Waals surface area (Å²) in [6, 6.07) is 0. The second-order valence-electron chi connectivity index (χ2n) is 0.524. The van der Waals surface area contributed by atoms with E-state index in [1.165, 1.54) is 0 Å². The van der Waals surface area contributed by atoms with Gasteiger partial charge in [-0.2, -0.15) is 18.6 Å². The van der Waals surface area contributed by atoms with Crippen LogP contribution in [0.25, 0.3) is 0 Å². The molecule has 0 saturated carbocycles. The second kappa shape index (κ2) is 2.88. The Morgan fingerprint density at radius 2 is 1.71 bits per heavy atom. The molecule has 0 bridgehead atoms. The van der Waals surface area contributed by atoms with Crippen molar-refractivity contribution in [2.24, 2.45) is 5.90 Å². The number of rotatable bonds is 1. The summed E-state index contributed by atoms with van der Waals surface area (Å²) in [5.41, 5.74) is 0. The Morgan fingerprint density at radius 3 is 1.71 bits per heavy atom. The molecular formula is H5NO5S. The fourth-order valence-electron chi connectivity index (χ4n) is 0. The lowest BCUT2D eigenvalue weighted by atomic mass is 13.6. The molecule has 5 N–H and O–H groups in total. The molecule has 0 rings (SSSR count). The van der Waals surface area contributed by atoms with Crippen molar-refractivity contribution >= 4 is 10.4 Å². The van der Waals surface area contributed by atoms with Crippen LogP contribution in [0.2, 0.25) is 0 Å². The highest BCUT2D eigenvalue weighted by Crippen LogP contribution is 1.70. The smallest absolute Gasteiger partial charge is 0.412 e. The maximum Gasteiger partial charge on any atom is 0.413 e. The molecule has 7 heteroatoms. The van der Waals surface area contributed by atoms with Gasteiger partial charge in [-0.1, -0.05) is 0 Å². The maximum atomic E-state index is 9.21. The largest absolute Gasteiger partial charge is 0.413 e. The predicted molar refractivity (Wildman–Crippen MR) is 20.4 cm³/mol. The van der Waals surface area contributed by atoms with Crippen molar-refractivity contribution in [3.8, 4) is 0 Å². The molecule has 0 aliphatic rings. The Hall–Kier alpha value is -0.210. The zero-order valence-electron chi connectivity index (χ0n) is 3.16. The minimum atomic E-state index is -4.38. The van der Waals surface area contributed by atoms with Crippen LogP contribution < -0.4 is 5.90 Å². The van der Waals surface area contributed by atoms with Crippen LogP contribution in [-0.2, 0) is 14.7 Å². The van der Waals surface area contributed by atoms with E-state index in [-0.39, 0.29) is 5.48 Å². The average Bonchev–Trinajstić information content (AvgIpc) is 1.35. The van der Waals surface area contributed by atoms with Gasteiger partial charge in [-0.3, -0.25) is 4.55 Å². The van der Waals surface area contributed by atoms with Crippen molar-refractivity contribution in [2.45, 2.75) is 0 Å². The third kappa shape index (κ3) is 10.7. The van der Waals surface area contributed by atoms with Crippen LogP contribution in [0.4, 0.5) is 0 Å². The first-order chi connectivity index (χ1) is 2.56. The lowest BCUT2D eigenvalue weighted by Crippen LogP contribution is -2.08. The third-order valence-electron chi connectivity index (χ3n) is 0.122. The second-order valence-corrected chi connectivity index (χ2v) is 1.57. The Bertz CT molecular complexity index is 110. The number of hydrogen-bond acceptors (Lipinski definition) is 4. The monoisotopic (exact) mass is 131 g/mol. The highest BCUT2D eigenvalue weighted by Gasteiger charge is 1.95. The zero-order valence-corrected chi connectivity index (χ0v) is 3.97. The first-order valence-corrected chi connectivity index (χ1v) is 2.28. The van der Waals surface area contributed by atoms with E-state index in [0.29, 0.717) is 0 Å². The summed E-state index contributed by atoms with van der Waals surface area (Å²) in [6.45, 7) is 0. The molecule has 0 aromatic rings. The first-order valence-electron chi connectivity index (χ1n) is 0.918. The molecule has 0 radical (unpaired) electrons. The Morgan fingerprint density at radius 1 is 1.57 bits per heavy atom. The van der Waals surface area contributed by atoms with E-state index in [1.54, 1.807) is 0 Å². The highest BCUT2D eigenvalue weighted by atomic mass is 32.3. The quantitative estimate of drug-likeness (QED) is 0.310. The summed E-state index contributed by atoms with van der Waals surface area (Å²) < 4.78 is 28.8. The molecule has 0 atom stereocenters. The highest BCUT2D eigenvalue weighted by molar-refractivity contribution is 7.80. The standard InChI is InChI=1S/H3NO4S.H2O/c1-5-6(2,3)4;/h1H2,(H,2,3,4);1H2. The molecule has 46 valence electrons. The van der Waals surface area contributed by atoms with E-state index in [2.05, 4.69) is 10.2 Å². The molecule has 0 heterocycles. The van der Waals surface area contributed by atoms with Crippen LogP contribution in [0.1, 0.15) is 0 Å². The summed E-state index contributed by atoms with van der Waals surface area (Å²) in [6.07, 6.45) is 0. The minimum Gasteiger partial charge on any atom is -0.412 e. The van der Waals surface area contributed by atoms with Gasteiger partial charge >= 0.3 is 10.4 Å². The minimum absolute atomic E-state index is 0. The summed E-state index contributed by atoms with van der Waals surface area (Å²) in [4.78, 5) is 0. The molecule has 7 heavy (non-hydrogen) atoms.